The maximum Gasteiger partial charge on any atom is 0.337 e. The van der Waals surface area contributed by atoms with Crippen molar-refractivity contribution in [2.24, 2.45) is 0 Å². The smallest absolute Gasteiger partial charge is 0.337 e. The molecule has 0 unspecified atom stereocenters. The van der Waals surface area contributed by atoms with Crippen molar-refractivity contribution in [2.75, 3.05) is 43.6 Å². The van der Waals surface area contributed by atoms with Gasteiger partial charge in [-0.1, -0.05) is 30.3 Å². The quantitative estimate of drug-likeness (QED) is 0.397. The first-order valence-corrected chi connectivity index (χ1v) is 11.8. The van der Waals surface area contributed by atoms with Crippen LogP contribution in [0.1, 0.15) is 21.5 Å². The Hall–Kier alpha value is -3.23. The number of carboxylic acid groups (broad SMARTS) is 1. The number of carbonyl (C=O) groups is 1. The summed E-state index contributed by atoms with van der Waals surface area (Å²) in [6.07, 6.45) is 0. The fraction of sp³-hybridized carbons (Fsp3) is 0.269. The molecule has 1 saturated heterocycles. The second kappa shape index (κ2) is 11.3. The Labute approximate surface area is 207 Å². The van der Waals surface area contributed by atoms with E-state index in [1.807, 2.05) is 59.5 Å². The van der Waals surface area contributed by atoms with Crippen LogP contribution in [0.15, 0.2) is 65.1 Å². The lowest BCUT2D eigenvalue weighted by Gasteiger charge is -2.30. The zero-order valence-electron chi connectivity index (χ0n) is 18.9. The number of nitrogens with zero attached hydrogens (tertiary/aromatic N) is 1. The van der Waals surface area contributed by atoms with Gasteiger partial charge in [0.1, 0.15) is 6.61 Å². The van der Waals surface area contributed by atoms with Crippen molar-refractivity contribution in [1.29, 1.82) is 0 Å². The van der Waals surface area contributed by atoms with Crippen LogP contribution < -0.4 is 19.7 Å². The van der Waals surface area contributed by atoms with Crippen molar-refractivity contribution >= 4 is 33.3 Å². The normalized spacial score (nSPS) is 13.4. The lowest BCUT2D eigenvalue weighted by molar-refractivity contribution is 0.0696. The van der Waals surface area contributed by atoms with Gasteiger partial charge < -0.3 is 29.5 Å². The Morgan fingerprint density at radius 2 is 1.85 bits per heavy atom. The molecule has 2 N–H and O–H groups in total. The zero-order valence-corrected chi connectivity index (χ0v) is 20.5. The molecule has 7 nitrogen and oxygen atoms in total. The van der Waals surface area contributed by atoms with Gasteiger partial charge in [0, 0.05) is 25.3 Å². The standard InChI is InChI=1S/C26H27BrN2O5/c1-32-24-14-19(13-22(27)25(24)34-17-18-5-3-2-4-6-18)16-28-20-7-8-23(21(15-20)26(30)31)29-9-11-33-12-10-29/h2-8,13-15,28H,9-12,16-17H2,1H3,(H,30,31). The number of ether oxygens (including phenoxy) is 3. The lowest BCUT2D eigenvalue weighted by Crippen LogP contribution is -2.37. The molecular formula is C26H27BrN2O5. The molecule has 0 spiro atoms. The Kier molecular flexibility index (Phi) is 7.92. The predicted molar refractivity (Wildman–Crippen MR) is 135 cm³/mol. The molecule has 3 aromatic carbocycles. The van der Waals surface area contributed by atoms with Crippen LogP contribution in [-0.2, 0) is 17.9 Å². The number of hydrogen-bond acceptors (Lipinski definition) is 6. The molecule has 0 bridgehead atoms. The number of carboxylic acids is 1. The van der Waals surface area contributed by atoms with Gasteiger partial charge in [0.25, 0.3) is 0 Å². The number of methoxy groups -OCH3 is 1. The van der Waals surface area contributed by atoms with Crippen LogP contribution in [0.5, 0.6) is 11.5 Å². The van der Waals surface area contributed by atoms with Crippen LogP contribution in [-0.4, -0.2) is 44.5 Å². The Balaban J connectivity index is 1.47. The maximum absolute atomic E-state index is 11.9. The number of rotatable bonds is 9. The SMILES string of the molecule is COc1cc(CNc2ccc(N3CCOCC3)c(C(=O)O)c2)cc(Br)c1OCc1ccccc1. The monoisotopic (exact) mass is 526 g/mol. The third-order valence-electron chi connectivity index (χ3n) is 5.59. The molecule has 0 radical (unpaired) electrons. The van der Waals surface area contributed by atoms with Crippen LogP contribution in [0.4, 0.5) is 11.4 Å². The summed E-state index contributed by atoms with van der Waals surface area (Å²) in [6, 6.07) is 19.3. The van der Waals surface area contributed by atoms with Crippen LogP contribution >= 0.6 is 15.9 Å². The fourth-order valence-corrected chi connectivity index (χ4v) is 4.45. The minimum atomic E-state index is -0.950. The maximum atomic E-state index is 11.9. The summed E-state index contributed by atoms with van der Waals surface area (Å²) in [5.41, 5.74) is 3.75. The fourth-order valence-electron chi connectivity index (χ4n) is 3.85. The van der Waals surface area contributed by atoms with E-state index in [2.05, 4.69) is 21.2 Å². The highest BCUT2D eigenvalue weighted by molar-refractivity contribution is 9.10. The summed E-state index contributed by atoms with van der Waals surface area (Å²) in [4.78, 5) is 13.9. The minimum absolute atomic E-state index is 0.273. The topological polar surface area (TPSA) is 80.3 Å². The number of aromatic carboxylic acids is 1. The Morgan fingerprint density at radius 3 is 2.56 bits per heavy atom. The van der Waals surface area contributed by atoms with Crippen LogP contribution in [0.25, 0.3) is 0 Å². The highest BCUT2D eigenvalue weighted by atomic mass is 79.9. The van der Waals surface area contributed by atoms with Crippen molar-refractivity contribution < 1.29 is 24.1 Å². The van der Waals surface area contributed by atoms with Crippen LogP contribution in [0.2, 0.25) is 0 Å². The van der Waals surface area contributed by atoms with Gasteiger partial charge in [-0.3, -0.25) is 0 Å². The van der Waals surface area contributed by atoms with Crippen molar-refractivity contribution in [2.45, 2.75) is 13.2 Å². The van der Waals surface area contributed by atoms with Gasteiger partial charge >= 0.3 is 5.97 Å². The number of benzene rings is 3. The molecule has 0 saturated carbocycles. The molecule has 0 atom stereocenters. The summed E-state index contributed by atoms with van der Waals surface area (Å²) in [7, 11) is 1.61. The number of hydrogen-bond donors (Lipinski definition) is 2. The molecule has 0 aromatic heterocycles. The van der Waals surface area contributed by atoms with E-state index in [1.165, 1.54) is 0 Å². The lowest BCUT2D eigenvalue weighted by atomic mass is 10.1. The first-order chi connectivity index (χ1) is 16.5. The molecule has 1 fully saturated rings. The summed E-state index contributed by atoms with van der Waals surface area (Å²) in [5, 5.41) is 13.1. The third-order valence-corrected chi connectivity index (χ3v) is 6.18. The predicted octanol–water partition coefficient (Wildman–Crippen LogP) is 5.18. The first-order valence-electron chi connectivity index (χ1n) is 11.0. The zero-order chi connectivity index (χ0) is 23.9. The molecule has 3 aromatic rings. The van der Waals surface area contributed by atoms with Crippen LogP contribution in [0.3, 0.4) is 0 Å². The van der Waals surface area contributed by atoms with Crippen molar-refractivity contribution in [3.8, 4) is 11.5 Å². The van der Waals surface area contributed by atoms with E-state index in [0.717, 1.165) is 21.3 Å². The molecule has 8 heteroatoms. The average molecular weight is 527 g/mol. The van der Waals surface area contributed by atoms with Gasteiger partial charge in [-0.15, -0.1) is 0 Å². The molecule has 1 heterocycles. The average Bonchev–Trinajstić information content (AvgIpc) is 2.87. The minimum Gasteiger partial charge on any atom is -0.493 e. The molecule has 4 rings (SSSR count). The van der Waals surface area contributed by atoms with E-state index in [9.17, 15) is 9.90 Å². The van der Waals surface area contributed by atoms with E-state index < -0.39 is 5.97 Å². The van der Waals surface area contributed by atoms with Gasteiger partial charge in [-0.25, -0.2) is 4.79 Å². The number of morpholine rings is 1. The Bertz CT molecular complexity index is 1130. The summed E-state index contributed by atoms with van der Waals surface area (Å²) in [6.45, 7) is 3.48. The van der Waals surface area contributed by atoms with Gasteiger partial charge in [0.05, 0.1) is 36.0 Å². The summed E-state index contributed by atoms with van der Waals surface area (Å²) < 4.78 is 17.7. The Morgan fingerprint density at radius 1 is 1.09 bits per heavy atom. The summed E-state index contributed by atoms with van der Waals surface area (Å²) in [5.74, 6) is 0.309. The number of halogens is 1. The second-order valence-corrected chi connectivity index (χ2v) is 8.73. The van der Waals surface area contributed by atoms with E-state index >= 15 is 0 Å². The molecule has 1 aliphatic heterocycles. The molecule has 1 aliphatic rings. The molecular weight excluding hydrogens is 500 g/mol. The van der Waals surface area contributed by atoms with Crippen molar-refractivity contribution in [3.05, 3.63) is 81.8 Å². The van der Waals surface area contributed by atoms with Crippen molar-refractivity contribution in [3.63, 3.8) is 0 Å². The third kappa shape index (κ3) is 5.81. The van der Waals surface area contributed by atoms with Gasteiger partial charge in [-0.05, 0) is 57.4 Å². The molecule has 178 valence electrons. The molecule has 0 amide bonds. The highest BCUT2D eigenvalue weighted by Crippen LogP contribution is 2.37. The van der Waals surface area contributed by atoms with E-state index in [-0.39, 0.29) is 5.56 Å². The van der Waals surface area contributed by atoms with Gasteiger partial charge in [0.2, 0.25) is 0 Å². The van der Waals surface area contributed by atoms with E-state index in [4.69, 9.17) is 14.2 Å². The van der Waals surface area contributed by atoms with Gasteiger partial charge in [-0.2, -0.15) is 0 Å². The molecule has 0 aliphatic carbocycles. The van der Waals surface area contributed by atoms with Crippen molar-refractivity contribution in [1.82, 2.24) is 0 Å². The number of anilines is 2. The first kappa shape index (κ1) is 23.9. The number of nitrogens with one attached hydrogen (secondary N) is 1. The second-order valence-electron chi connectivity index (χ2n) is 7.87. The highest BCUT2D eigenvalue weighted by Gasteiger charge is 2.19. The van der Waals surface area contributed by atoms with Gasteiger partial charge in [0.15, 0.2) is 11.5 Å². The molecule has 34 heavy (non-hydrogen) atoms. The summed E-state index contributed by atoms with van der Waals surface area (Å²) >= 11 is 3.60. The van der Waals surface area contributed by atoms with E-state index in [0.29, 0.717) is 56.6 Å². The van der Waals surface area contributed by atoms with E-state index in [1.54, 1.807) is 13.2 Å². The largest absolute Gasteiger partial charge is 0.493 e. The van der Waals surface area contributed by atoms with Crippen LogP contribution in [0, 0.1) is 0 Å².